The fourth-order valence-electron chi connectivity index (χ4n) is 3.14. The van der Waals surface area contributed by atoms with E-state index in [9.17, 15) is 13.2 Å². The molecule has 0 bridgehead atoms. The molecule has 5 heteroatoms. The summed E-state index contributed by atoms with van der Waals surface area (Å²) in [5.74, 6) is -0.293. The summed E-state index contributed by atoms with van der Waals surface area (Å²) in [5.41, 5.74) is 3.46. The molecular formula is C22H25NO3S. The molecule has 1 aliphatic heterocycles. The highest BCUT2D eigenvalue weighted by Crippen LogP contribution is 2.27. The van der Waals surface area contributed by atoms with Crippen molar-refractivity contribution in [3.63, 3.8) is 0 Å². The summed E-state index contributed by atoms with van der Waals surface area (Å²) in [6.45, 7) is 8.34. The van der Waals surface area contributed by atoms with Crippen LogP contribution in [0.15, 0.2) is 60.0 Å². The summed E-state index contributed by atoms with van der Waals surface area (Å²) in [7, 11) is -3.27. The summed E-state index contributed by atoms with van der Waals surface area (Å²) >= 11 is 0. The van der Waals surface area contributed by atoms with Gasteiger partial charge in [0.15, 0.2) is 9.84 Å². The average Bonchev–Trinajstić information content (AvgIpc) is 2.95. The quantitative estimate of drug-likeness (QED) is 0.796. The maximum Gasteiger partial charge on any atom is 0.258 e. The molecule has 142 valence electrons. The number of rotatable bonds is 3. The molecule has 0 radical (unpaired) electrons. The van der Waals surface area contributed by atoms with Crippen molar-refractivity contribution in [1.82, 2.24) is 0 Å². The molecule has 1 heterocycles. The number of carbonyl (C=O) groups excluding carboxylic acids is 1. The van der Waals surface area contributed by atoms with E-state index >= 15 is 0 Å². The van der Waals surface area contributed by atoms with Crippen molar-refractivity contribution in [2.24, 2.45) is 0 Å². The Balaban J connectivity index is 1.98. The molecule has 0 unspecified atom stereocenters. The lowest BCUT2D eigenvalue weighted by molar-refractivity contribution is 0.0983. The Kier molecular flexibility index (Phi) is 5.00. The maximum atomic E-state index is 13.3. The number of anilines is 1. The molecule has 0 N–H and O–H groups in total. The fourth-order valence-corrected chi connectivity index (χ4v) is 4.40. The minimum absolute atomic E-state index is 0.000486. The first kappa shape index (κ1) is 19.4. The van der Waals surface area contributed by atoms with Crippen molar-refractivity contribution in [1.29, 1.82) is 0 Å². The predicted octanol–water partition coefficient (Wildman–Crippen LogP) is 4.25. The van der Waals surface area contributed by atoms with Crippen LogP contribution in [0.5, 0.6) is 0 Å². The van der Waals surface area contributed by atoms with Crippen molar-refractivity contribution < 1.29 is 13.2 Å². The molecule has 0 saturated carbocycles. The van der Waals surface area contributed by atoms with Crippen LogP contribution in [0.2, 0.25) is 0 Å². The van der Waals surface area contributed by atoms with Gasteiger partial charge in [-0.25, -0.2) is 8.42 Å². The molecule has 4 nitrogen and oxygen atoms in total. The molecular weight excluding hydrogens is 358 g/mol. The number of nitrogens with zero attached hydrogens (tertiary/aromatic N) is 1. The molecule has 2 aromatic carbocycles. The van der Waals surface area contributed by atoms with Crippen molar-refractivity contribution in [2.45, 2.75) is 39.2 Å². The summed E-state index contributed by atoms with van der Waals surface area (Å²) in [6.07, 6.45) is 1.59. The third-order valence-corrected chi connectivity index (χ3v) is 6.15. The Morgan fingerprint density at radius 3 is 2.07 bits per heavy atom. The highest BCUT2D eigenvalue weighted by atomic mass is 32.2. The van der Waals surface area contributed by atoms with E-state index in [1.54, 1.807) is 11.0 Å². The standard InChI is InChI=1S/C22H25NO3S/c1-16-5-11-19(12-6-16)23(20-13-14-27(25,26)15-20)21(24)17-7-9-18(10-8-17)22(2,3)4/h5-14,20H,15H2,1-4H3/t20-/m1/s1. The normalized spacial score (nSPS) is 18.4. The number of hydrogen-bond donors (Lipinski definition) is 0. The molecule has 1 aliphatic rings. The number of carbonyl (C=O) groups is 1. The van der Waals surface area contributed by atoms with Crippen molar-refractivity contribution in [3.8, 4) is 0 Å². The van der Waals surface area contributed by atoms with Crippen molar-refractivity contribution in [2.75, 3.05) is 10.7 Å². The first-order valence-corrected chi connectivity index (χ1v) is 10.7. The number of hydrogen-bond acceptors (Lipinski definition) is 3. The van der Waals surface area contributed by atoms with E-state index in [0.29, 0.717) is 11.3 Å². The highest BCUT2D eigenvalue weighted by Gasteiger charge is 2.32. The Morgan fingerprint density at radius 2 is 1.59 bits per heavy atom. The number of benzene rings is 2. The van der Waals surface area contributed by atoms with Gasteiger partial charge < -0.3 is 4.90 Å². The molecule has 2 aromatic rings. The van der Waals surface area contributed by atoms with Gasteiger partial charge in [0.05, 0.1) is 11.8 Å². The lowest BCUT2D eigenvalue weighted by Crippen LogP contribution is -2.41. The van der Waals surface area contributed by atoms with Crippen LogP contribution in [-0.4, -0.2) is 26.1 Å². The summed E-state index contributed by atoms with van der Waals surface area (Å²) in [5, 5.41) is 1.20. The smallest absolute Gasteiger partial charge is 0.258 e. The van der Waals surface area contributed by atoms with Gasteiger partial charge in [0.1, 0.15) is 0 Å². The molecule has 0 aliphatic carbocycles. The van der Waals surface area contributed by atoms with Crippen LogP contribution >= 0.6 is 0 Å². The molecule has 0 spiro atoms. The van der Waals surface area contributed by atoms with Crippen LogP contribution in [0.4, 0.5) is 5.69 Å². The van der Waals surface area contributed by atoms with E-state index in [1.807, 2.05) is 55.5 Å². The fraction of sp³-hybridized carbons (Fsp3) is 0.318. The monoisotopic (exact) mass is 383 g/mol. The minimum atomic E-state index is -3.27. The second-order valence-corrected chi connectivity index (χ2v) is 9.99. The largest absolute Gasteiger partial charge is 0.300 e. The lowest BCUT2D eigenvalue weighted by atomic mass is 9.86. The zero-order valence-electron chi connectivity index (χ0n) is 16.1. The Labute approximate surface area is 161 Å². The Hall–Kier alpha value is -2.40. The topological polar surface area (TPSA) is 54.5 Å². The van der Waals surface area contributed by atoms with Crippen LogP contribution in [0.1, 0.15) is 42.3 Å². The van der Waals surface area contributed by atoms with Gasteiger partial charge in [-0.3, -0.25) is 4.79 Å². The van der Waals surface area contributed by atoms with Crippen LogP contribution < -0.4 is 4.90 Å². The molecule has 0 fully saturated rings. The van der Waals surface area contributed by atoms with Gasteiger partial charge in [-0.05, 0) is 48.2 Å². The van der Waals surface area contributed by atoms with Gasteiger partial charge in [0.2, 0.25) is 0 Å². The number of amides is 1. The summed E-state index contributed by atoms with van der Waals surface area (Å²) in [4.78, 5) is 14.9. The van der Waals surface area contributed by atoms with E-state index in [2.05, 4.69) is 20.8 Å². The first-order chi connectivity index (χ1) is 12.6. The van der Waals surface area contributed by atoms with E-state index in [0.717, 1.165) is 11.1 Å². The first-order valence-electron chi connectivity index (χ1n) is 8.98. The van der Waals surface area contributed by atoms with Crippen LogP contribution in [0, 0.1) is 6.92 Å². The molecule has 27 heavy (non-hydrogen) atoms. The highest BCUT2D eigenvalue weighted by molar-refractivity contribution is 7.94. The molecule has 0 saturated heterocycles. The third-order valence-electron chi connectivity index (χ3n) is 4.77. The van der Waals surface area contributed by atoms with Gasteiger partial charge >= 0.3 is 0 Å². The second-order valence-electron chi connectivity index (χ2n) is 8.06. The van der Waals surface area contributed by atoms with Gasteiger partial charge in [0, 0.05) is 16.7 Å². The molecule has 3 rings (SSSR count). The zero-order chi connectivity index (χ0) is 19.8. The van der Waals surface area contributed by atoms with Crippen LogP contribution in [-0.2, 0) is 15.3 Å². The third kappa shape index (κ3) is 4.30. The maximum absolute atomic E-state index is 13.3. The van der Waals surface area contributed by atoms with Gasteiger partial charge in [-0.15, -0.1) is 0 Å². The lowest BCUT2D eigenvalue weighted by Gasteiger charge is -2.28. The van der Waals surface area contributed by atoms with E-state index < -0.39 is 15.9 Å². The van der Waals surface area contributed by atoms with Gasteiger partial charge in [0.25, 0.3) is 5.91 Å². The number of aryl methyl sites for hydroxylation is 1. The Morgan fingerprint density at radius 1 is 1.00 bits per heavy atom. The second kappa shape index (κ2) is 6.97. The van der Waals surface area contributed by atoms with Crippen LogP contribution in [0.25, 0.3) is 0 Å². The van der Waals surface area contributed by atoms with E-state index in [-0.39, 0.29) is 17.1 Å². The van der Waals surface area contributed by atoms with E-state index in [4.69, 9.17) is 0 Å². The molecule has 0 aromatic heterocycles. The Bertz CT molecular complexity index is 966. The van der Waals surface area contributed by atoms with E-state index in [1.165, 1.54) is 5.41 Å². The number of sulfone groups is 1. The average molecular weight is 384 g/mol. The summed E-state index contributed by atoms with van der Waals surface area (Å²) < 4.78 is 23.8. The predicted molar refractivity (Wildman–Crippen MR) is 110 cm³/mol. The van der Waals surface area contributed by atoms with Crippen LogP contribution in [0.3, 0.4) is 0 Å². The van der Waals surface area contributed by atoms with Crippen molar-refractivity contribution >= 4 is 21.4 Å². The summed E-state index contributed by atoms with van der Waals surface area (Å²) in [6, 6.07) is 14.6. The molecule has 1 amide bonds. The molecule has 1 atom stereocenters. The zero-order valence-corrected chi connectivity index (χ0v) is 17.0. The van der Waals surface area contributed by atoms with Gasteiger partial charge in [-0.2, -0.15) is 0 Å². The van der Waals surface area contributed by atoms with Gasteiger partial charge in [-0.1, -0.05) is 50.6 Å². The minimum Gasteiger partial charge on any atom is -0.300 e. The van der Waals surface area contributed by atoms with Crippen molar-refractivity contribution in [3.05, 3.63) is 76.7 Å². The SMILES string of the molecule is Cc1ccc(N(C(=O)c2ccc(C(C)(C)C)cc2)[C@@H]2C=CS(=O)(=O)C2)cc1.